The molecule has 35 heavy (non-hydrogen) atoms. The number of fused-ring (bicyclic) bond motifs is 1. The topological polar surface area (TPSA) is 73.2 Å². The molecule has 1 atom stereocenters. The number of rotatable bonds is 7. The van der Waals surface area contributed by atoms with Crippen LogP contribution < -0.4 is 15.6 Å². The molecule has 1 aromatic heterocycles. The van der Waals surface area contributed by atoms with E-state index in [-0.39, 0.29) is 17.0 Å². The van der Waals surface area contributed by atoms with Gasteiger partial charge >= 0.3 is 6.61 Å². The molecule has 0 aliphatic rings. The normalized spacial score (nSPS) is 12.1. The minimum atomic E-state index is -3.02. The zero-order valence-corrected chi connectivity index (χ0v) is 20.1. The molecule has 0 aliphatic heterocycles. The monoisotopic (exact) mass is 495 g/mol. The van der Waals surface area contributed by atoms with Crippen molar-refractivity contribution in [2.24, 2.45) is 0 Å². The number of ether oxygens (including phenoxy) is 1. The van der Waals surface area contributed by atoms with Gasteiger partial charge in [0.1, 0.15) is 5.75 Å². The highest BCUT2D eigenvalue weighted by Gasteiger charge is 2.22. The van der Waals surface area contributed by atoms with Crippen LogP contribution >= 0.6 is 11.8 Å². The smallest absolute Gasteiger partial charge is 0.387 e. The number of thioether (sulfide) groups is 1. The molecular weight excluding hydrogens is 472 g/mol. The van der Waals surface area contributed by atoms with Crippen molar-refractivity contribution >= 4 is 34.3 Å². The van der Waals surface area contributed by atoms with E-state index < -0.39 is 17.8 Å². The van der Waals surface area contributed by atoms with Crippen molar-refractivity contribution in [3.8, 4) is 11.4 Å². The van der Waals surface area contributed by atoms with Crippen LogP contribution in [0.25, 0.3) is 16.6 Å². The number of hydrogen-bond donors (Lipinski definition) is 1. The van der Waals surface area contributed by atoms with Crippen molar-refractivity contribution in [3.05, 3.63) is 88.2 Å². The number of benzene rings is 3. The molecule has 9 heteroatoms. The number of amides is 1. The number of nitrogens with one attached hydrogen (secondary N) is 1. The maximum atomic E-state index is 13.5. The molecule has 0 saturated heterocycles. The van der Waals surface area contributed by atoms with Crippen LogP contribution in [0.2, 0.25) is 0 Å². The summed E-state index contributed by atoms with van der Waals surface area (Å²) in [6.07, 6.45) is 0. The molecule has 4 rings (SSSR count). The van der Waals surface area contributed by atoms with Crippen LogP contribution in [0.4, 0.5) is 14.5 Å². The SMILES string of the molecule is Cc1ccc(-n2c(SC(C)C(=O)Nc3ccccc3OC(F)F)nc3ccccc3c2=O)c(C)c1. The molecule has 1 heterocycles. The average molecular weight is 496 g/mol. The number of carbonyl (C=O) groups excluding carboxylic acids is 1. The van der Waals surface area contributed by atoms with E-state index in [1.165, 1.54) is 22.8 Å². The van der Waals surface area contributed by atoms with Crippen molar-refractivity contribution in [1.29, 1.82) is 0 Å². The maximum absolute atomic E-state index is 13.5. The van der Waals surface area contributed by atoms with E-state index in [2.05, 4.69) is 15.0 Å². The van der Waals surface area contributed by atoms with Gasteiger partial charge in [-0.15, -0.1) is 0 Å². The highest BCUT2D eigenvalue weighted by molar-refractivity contribution is 8.00. The first-order chi connectivity index (χ1) is 16.7. The summed E-state index contributed by atoms with van der Waals surface area (Å²) in [7, 11) is 0. The summed E-state index contributed by atoms with van der Waals surface area (Å²) in [5, 5.41) is 2.74. The van der Waals surface area contributed by atoms with Gasteiger partial charge in [0.2, 0.25) is 5.91 Å². The van der Waals surface area contributed by atoms with E-state index in [9.17, 15) is 18.4 Å². The summed E-state index contributed by atoms with van der Waals surface area (Å²) in [5.74, 6) is -0.584. The van der Waals surface area contributed by atoms with Gasteiger partial charge < -0.3 is 10.1 Å². The first-order valence-electron chi connectivity index (χ1n) is 10.9. The van der Waals surface area contributed by atoms with Gasteiger partial charge in [-0.3, -0.25) is 14.2 Å². The predicted molar refractivity (Wildman–Crippen MR) is 134 cm³/mol. The predicted octanol–water partition coefficient (Wildman–Crippen LogP) is 5.72. The third kappa shape index (κ3) is 5.35. The lowest BCUT2D eigenvalue weighted by atomic mass is 10.1. The third-order valence-electron chi connectivity index (χ3n) is 5.35. The first-order valence-corrected chi connectivity index (χ1v) is 11.7. The van der Waals surface area contributed by atoms with Gasteiger partial charge in [0.05, 0.1) is 27.5 Å². The van der Waals surface area contributed by atoms with E-state index in [1.807, 2.05) is 32.0 Å². The number of nitrogens with zero attached hydrogens (tertiary/aromatic N) is 2. The number of para-hydroxylation sites is 3. The van der Waals surface area contributed by atoms with Crippen LogP contribution in [0.5, 0.6) is 5.75 Å². The summed E-state index contributed by atoms with van der Waals surface area (Å²) in [5.41, 5.74) is 3.02. The van der Waals surface area contributed by atoms with E-state index in [1.54, 1.807) is 37.3 Å². The summed E-state index contributed by atoms with van der Waals surface area (Å²) in [6.45, 7) is 2.52. The second-order valence-electron chi connectivity index (χ2n) is 7.97. The second-order valence-corrected chi connectivity index (χ2v) is 9.27. The lowest BCUT2D eigenvalue weighted by Crippen LogP contribution is -2.26. The number of hydrogen-bond acceptors (Lipinski definition) is 5. The molecule has 4 aromatic rings. The molecule has 0 radical (unpaired) electrons. The van der Waals surface area contributed by atoms with Gasteiger partial charge in [-0.25, -0.2) is 4.98 Å². The van der Waals surface area contributed by atoms with Gasteiger partial charge in [0, 0.05) is 0 Å². The maximum Gasteiger partial charge on any atom is 0.387 e. The average Bonchev–Trinajstić information content (AvgIpc) is 2.81. The van der Waals surface area contributed by atoms with Gasteiger partial charge in [0.15, 0.2) is 5.16 Å². The minimum Gasteiger partial charge on any atom is -0.433 e. The Kier molecular flexibility index (Phi) is 7.16. The molecule has 1 amide bonds. The van der Waals surface area contributed by atoms with Gasteiger partial charge in [-0.2, -0.15) is 8.78 Å². The van der Waals surface area contributed by atoms with Crippen LogP contribution in [0.3, 0.4) is 0 Å². The Labute approximate surface area is 205 Å². The molecule has 180 valence electrons. The van der Waals surface area contributed by atoms with E-state index in [4.69, 9.17) is 0 Å². The fraction of sp³-hybridized carbons (Fsp3) is 0.192. The molecule has 0 saturated carbocycles. The quantitative estimate of drug-likeness (QED) is 0.262. The molecule has 1 N–H and O–H groups in total. The third-order valence-corrected chi connectivity index (χ3v) is 6.40. The minimum absolute atomic E-state index is 0.128. The van der Waals surface area contributed by atoms with Gasteiger partial charge in [0.25, 0.3) is 5.56 Å². The molecule has 0 spiro atoms. The first kappa shape index (κ1) is 24.4. The zero-order chi connectivity index (χ0) is 25.1. The highest BCUT2D eigenvalue weighted by atomic mass is 32.2. The highest BCUT2D eigenvalue weighted by Crippen LogP contribution is 2.29. The summed E-state index contributed by atoms with van der Waals surface area (Å²) >= 11 is 1.10. The molecular formula is C26H23F2N3O3S. The molecule has 6 nitrogen and oxygen atoms in total. The lowest BCUT2D eigenvalue weighted by Gasteiger charge is -2.18. The zero-order valence-electron chi connectivity index (χ0n) is 19.3. The van der Waals surface area contributed by atoms with Gasteiger partial charge in [-0.05, 0) is 56.7 Å². The van der Waals surface area contributed by atoms with E-state index >= 15 is 0 Å². The number of carbonyl (C=O) groups is 1. The summed E-state index contributed by atoms with van der Waals surface area (Å²) in [6, 6.07) is 18.7. The number of aromatic nitrogens is 2. The lowest BCUT2D eigenvalue weighted by molar-refractivity contribution is -0.115. The van der Waals surface area contributed by atoms with E-state index in [0.29, 0.717) is 21.7 Å². The Morgan fingerprint density at radius 2 is 1.77 bits per heavy atom. The van der Waals surface area contributed by atoms with Crippen molar-refractivity contribution in [2.45, 2.75) is 37.8 Å². The standard InChI is InChI=1S/C26H23F2N3O3S/c1-15-12-13-21(16(2)14-15)31-24(33)18-8-4-5-9-19(18)30-26(31)35-17(3)23(32)29-20-10-6-7-11-22(20)34-25(27)28/h4-14,17,25H,1-3H3,(H,29,32). The largest absolute Gasteiger partial charge is 0.433 e. The molecule has 3 aromatic carbocycles. The van der Waals surface area contributed by atoms with Crippen molar-refractivity contribution in [1.82, 2.24) is 9.55 Å². The Morgan fingerprint density at radius 3 is 2.51 bits per heavy atom. The van der Waals surface area contributed by atoms with Crippen molar-refractivity contribution in [2.75, 3.05) is 5.32 Å². The summed E-state index contributed by atoms with van der Waals surface area (Å²) in [4.78, 5) is 31.2. The molecule has 0 bridgehead atoms. The van der Waals surface area contributed by atoms with Crippen LogP contribution in [0.1, 0.15) is 18.1 Å². The fourth-order valence-corrected chi connectivity index (χ4v) is 4.59. The van der Waals surface area contributed by atoms with Crippen LogP contribution in [-0.2, 0) is 4.79 Å². The number of halogens is 2. The van der Waals surface area contributed by atoms with Gasteiger partial charge in [-0.1, -0.05) is 53.7 Å². The van der Waals surface area contributed by atoms with Crippen molar-refractivity contribution in [3.63, 3.8) is 0 Å². The Morgan fingerprint density at radius 1 is 1.06 bits per heavy atom. The fourth-order valence-electron chi connectivity index (χ4n) is 3.67. The molecule has 1 unspecified atom stereocenters. The second kappa shape index (κ2) is 10.3. The Hall–Kier alpha value is -3.72. The molecule has 0 fully saturated rings. The summed E-state index contributed by atoms with van der Waals surface area (Å²) < 4.78 is 31.5. The van der Waals surface area contributed by atoms with Crippen LogP contribution in [0, 0.1) is 13.8 Å². The number of alkyl halides is 2. The Balaban J connectivity index is 1.71. The van der Waals surface area contributed by atoms with Crippen molar-refractivity contribution < 1.29 is 18.3 Å². The van der Waals surface area contributed by atoms with Crippen LogP contribution in [-0.4, -0.2) is 27.3 Å². The Bertz CT molecular complexity index is 1460. The number of anilines is 1. The molecule has 0 aliphatic carbocycles. The van der Waals surface area contributed by atoms with Crippen LogP contribution in [0.15, 0.2) is 76.7 Å². The van der Waals surface area contributed by atoms with E-state index in [0.717, 1.165) is 22.9 Å². The number of aryl methyl sites for hydroxylation is 2.